The predicted molar refractivity (Wildman–Crippen MR) is 91.0 cm³/mol. The summed E-state index contributed by atoms with van der Waals surface area (Å²) in [6.07, 6.45) is 2.60. The van der Waals surface area contributed by atoms with Crippen LogP contribution in [0.1, 0.15) is 28.5 Å². The Morgan fingerprint density at radius 2 is 2.09 bits per heavy atom. The molecule has 112 valence electrons. The minimum atomic E-state index is -0.120. The summed E-state index contributed by atoms with van der Waals surface area (Å²) >= 11 is 9.51. The molecule has 0 aliphatic carbocycles. The van der Waals surface area contributed by atoms with Crippen LogP contribution >= 0.6 is 27.5 Å². The molecule has 0 bridgehead atoms. The first-order valence-electron chi connectivity index (χ1n) is 6.85. The zero-order valence-electron chi connectivity index (χ0n) is 11.8. The number of pyridine rings is 1. The summed E-state index contributed by atoms with van der Waals surface area (Å²) in [5.41, 5.74) is 2.98. The maximum atomic E-state index is 12.9. The van der Waals surface area contributed by atoms with Gasteiger partial charge >= 0.3 is 0 Å². The van der Waals surface area contributed by atoms with Crippen molar-refractivity contribution in [2.45, 2.75) is 13.3 Å². The van der Waals surface area contributed by atoms with Crippen molar-refractivity contribution in [2.24, 2.45) is 0 Å². The average molecular weight is 379 g/mol. The minimum Gasteiger partial charge on any atom is -0.506 e. The number of phenolic OH excluding ortho intramolecular Hbond substituents is 1. The summed E-state index contributed by atoms with van der Waals surface area (Å²) in [7, 11) is 0. The first-order valence-corrected chi connectivity index (χ1v) is 8.02. The van der Waals surface area contributed by atoms with Gasteiger partial charge in [0.2, 0.25) is 5.78 Å². The minimum absolute atomic E-state index is 0.0323. The van der Waals surface area contributed by atoms with E-state index in [1.165, 1.54) is 12.1 Å². The molecular formula is C17H13BrClNO2. The highest BCUT2D eigenvalue weighted by atomic mass is 79.9. The summed E-state index contributed by atoms with van der Waals surface area (Å²) in [5, 5.41) is 9.69. The van der Waals surface area contributed by atoms with Crippen molar-refractivity contribution in [1.82, 2.24) is 4.40 Å². The zero-order chi connectivity index (χ0) is 15.9. The molecule has 0 aliphatic heterocycles. The van der Waals surface area contributed by atoms with Gasteiger partial charge in [0.1, 0.15) is 5.75 Å². The molecule has 1 N–H and O–H groups in total. The molecule has 0 amide bonds. The molecule has 0 saturated heterocycles. The fraction of sp³-hybridized carbons (Fsp3) is 0.118. The molecule has 3 aromatic rings. The molecule has 0 radical (unpaired) electrons. The molecule has 3 rings (SSSR count). The second-order valence-electron chi connectivity index (χ2n) is 4.95. The van der Waals surface area contributed by atoms with E-state index in [0.29, 0.717) is 11.3 Å². The number of benzene rings is 1. The highest BCUT2D eigenvalue weighted by molar-refractivity contribution is 9.10. The van der Waals surface area contributed by atoms with Crippen molar-refractivity contribution < 1.29 is 9.90 Å². The molecule has 2 aromatic heterocycles. The van der Waals surface area contributed by atoms with Crippen LogP contribution in [0.5, 0.6) is 5.75 Å². The van der Waals surface area contributed by atoms with Gasteiger partial charge in [-0.1, -0.05) is 24.6 Å². The Morgan fingerprint density at radius 3 is 2.77 bits per heavy atom. The third-order valence-corrected chi connectivity index (χ3v) is 4.84. The van der Waals surface area contributed by atoms with E-state index in [-0.39, 0.29) is 16.6 Å². The van der Waals surface area contributed by atoms with E-state index in [4.69, 9.17) is 11.6 Å². The molecule has 2 heterocycles. The SMILES string of the molecule is CCc1c(Br)c2ccccn2c1C(=O)c1ccc(O)c(Cl)c1. The maximum absolute atomic E-state index is 12.9. The maximum Gasteiger partial charge on any atom is 0.210 e. The smallest absolute Gasteiger partial charge is 0.210 e. The molecule has 3 nitrogen and oxygen atoms in total. The van der Waals surface area contributed by atoms with Gasteiger partial charge in [0.25, 0.3) is 0 Å². The molecule has 0 unspecified atom stereocenters. The van der Waals surface area contributed by atoms with E-state index >= 15 is 0 Å². The highest BCUT2D eigenvalue weighted by Gasteiger charge is 2.22. The van der Waals surface area contributed by atoms with E-state index in [2.05, 4.69) is 15.9 Å². The number of hydrogen-bond donors (Lipinski definition) is 1. The van der Waals surface area contributed by atoms with E-state index in [1.54, 1.807) is 6.07 Å². The third kappa shape index (κ3) is 2.32. The molecular weight excluding hydrogens is 366 g/mol. The fourth-order valence-electron chi connectivity index (χ4n) is 2.57. The monoisotopic (exact) mass is 377 g/mol. The van der Waals surface area contributed by atoms with Crippen LogP contribution in [0.2, 0.25) is 5.02 Å². The van der Waals surface area contributed by atoms with Crippen molar-refractivity contribution in [3.63, 3.8) is 0 Å². The van der Waals surface area contributed by atoms with Gasteiger partial charge < -0.3 is 9.51 Å². The van der Waals surface area contributed by atoms with Gasteiger partial charge in [-0.25, -0.2) is 0 Å². The van der Waals surface area contributed by atoms with E-state index in [0.717, 1.165) is 22.0 Å². The molecule has 1 aromatic carbocycles. The summed E-state index contributed by atoms with van der Waals surface area (Å²) in [4.78, 5) is 12.9. The number of carbonyl (C=O) groups is 1. The van der Waals surface area contributed by atoms with E-state index in [1.807, 2.05) is 35.7 Å². The van der Waals surface area contributed by atoms with E-state index in [9.17, 15) is 9.90 Å². The van der Waals surface area contributed by atoms with Gasteiger partial charge in [0.15, 0.2) is 0 Å². The summed E-state index contributed by atoms with van der Waals surface area (Å²) in [5.74, 6) is -0.152. The summed E-state index contributed by atoms with van der Waals surface area (Å²) in [6, 6.07) is 10.3. The number of fused-ring (bicyclic) bond motifs is 1. The van der Waals surface area contributed by atoms with Crippen LogP contribution in [0.4, 0.5) is 0 Å². The first kappa shape index (κ1) is 15.1. The molecule has 0 atom stereocenters. The van der Waals surface area contributed by atoms with Gasteiger partial charge in [0.05, 0.1) is 16.2 Å². The number of hydrogen-bond acceptors (Lipinski definition) is 2. The van der Waals surface area contributed by atoms with Crippen LogP contribution in [0.15, 0.2) is 47.1 Å². The van der Waals surface area contributed by atoms with Crippen molar-refractivity contribution in [3.05, 3.63) is 68.9 Å². The molecule has 5 heteroatoms. The van der Waals surface area contributed by atoms with Gasteiger partial charge in [-0.15, -0.1) is 0 Å². The van der Waals surface area contributed by atoms with Crippen LogP contribution in [0, 0.1) is 0 Å². The summed E-state index contributed by atoms with van der Waals surface area (Å²) in [6.45, 7) is 2.01. The zero-order valence-corrected chi connectivity index (χ0v) is 14.1. The molecule has 0 fully saturated rings. The number of halogens is 2. The lowest BCUT2D eigenvalue weighted by Crippen LogP contribution is -2.08. The van der Waals surface area contributed by atoms with Crippen LogP contribution in [0.25, 0.3) is 5.52 Å². The lowest BCUT2D eigenvalue weighted by molar-refractivity contribution is 0.103. The van der Waals surface area contributed by atoms with Crippen molar-refractivity contribution in [3.8, 4) is 5.75 Å². The first-order chi connectivity index (χ1) is 10.5. The Bertz CT molecular complexity index is 886. The number of rotatable bonds is 3. The fourth-order valence-corrected chi connectivity index (χ4v) is 3.55. The number of phenols is 1. The van der Waals surface area contributed by atoms with Crippen molar-refractivity contribution in [1.29, 1.82) is 0 Å². The van der Waals surface area contributed by atoms with Crippen LogP contribution in [0.3, 0.4) is 0 Å². The Hall–Kier alpha value is -1.78. The van der Waals surface area contributed by atoms with Crippen molar-refractivity contribution >= 4 is 38.8 Å². The van der Waals surface area contributed by atoms with Gasteiger partial charge in [-0.05, 0) is 58.2 Å². The quantitative estimate of drug-likeness (QED) is 0.662. The second kappa shape index (κ2) is 5.78. The second-order valence-corrected chi connectivity index (χ2v) is 6.15. The molecule has 0 aliphatic rings. The molecule has 0 saturated carbocycles. The largest absolute Gasteiger partial charge is 0.506 e. The Balaban J connectivity index is 2.24. The third-order valence-electron chi connectivity index (χ3n) is 3.65. The number of carbonyl (C=O) groups excluding carboxylic acids is 1. The van der Waals surface area contributed by atoms with Crippen LogP contribution in [-0.4, -0.2) is 15.3 Å². The lowest BCUT2D eigenvalue weighted by atomic mass is 10.0. The van der Waals surface area contributed by atoms with Crippen LogP contribution in [-0.2, 0) is 6.42 Å². The molecule has 0 spiro atoms. The Labute approximate surface area is 141 Å². The molecule has 22 heavy (non-hydrogen) atoms. The summed E-state index contributed by atoms with van der Waals surface area (Å²) < 4.78 is 2.82. The predicted octanol–water partition coefficient (Wildman–Crippen LogP) is 4.85. The standard InChI is InChI=1S/C17H13BrClNO2/c1-2-11-15(18)13-5-3-4-8-20(13)16(11)17(22)10-6-7-14(21)12(19)9-10/h3-9,21H,2H2,1H3. The number of aromatic nitrogens is 1. The lowest BCUT2D eigenvalue weighted by Gasteiger charge is -2.06. The Morgan fingerprint density at radius 1 is 1.32 bits per heavy atom. The highest BCUT2D eigenvalue weighted by Crippen LogP contribution is 2.32. The average Bonchev–Trinajstić information content (AvgIpc) is 2.82. The Kier molecular flexibility index (Phi) is 3.98. The number of nitrogens with zero attached hydrogens (tertiary/aromatic N) is 1. The number of ketones is 1. The van der Waals surface area contributed by atoms with Gasteiger partial charge in [0, 0.05) is 16.2 Å². The number of aromatic hydroxyl groups is 1. The normalized spacial score (nSPS) is 11.0. The van der Waals surface area contributed by atoms with Gasteiger partial charge in [-0.2, -0.15) is 0 Å². The van der Waals surface area contributed by atoms with Gasteiger partial charge in [-0.3, -0.25) is 4.79 Å². The van der Waals surface area contributed by atoms with E-state index < -0.39 is 0 Å². The van der Waals surface area contributed by atoms with Crippen molar-refractivity contribution in [2.75, 3.05) is 0 Å². The van der Waals surface area contributed by atoms with Crippen LogP contribution < -0.4 is 0 Å². The topological polar surface area (TPSA) is 41.7 Å².